The van der Waals surface area contributed by atoms with Crippen molar-refractivity contribution < 1.29 is 14.3 Å². The molecule has 0 N–H and O–H groups in total. The van der Waals surface area contributed by atoms with Crippen LogP contribution in [-0.2, 0) is 7.05 Å². The summed E-state index contributed by atoms with van der Waals surface area (Å²) >= 11 is 1.51. The summed E-state index contributed by atoms with van der Waals surface area (Å²) in [6.07, 6.45) is 5.91. The van der Waals surface area contributed by atoms with E-state index in [-0.39, 0.29) is 5.91 Å². The summed E-state index contributed by atoms with van der Waals surface area (Å²) in [6.45, 7) is 0. The van der Waals surface area contributed by atoms with Crippen LogP contribution in [0.5, 0.6) is 11.5 Å². The number of thiophene rings is 1. The molecule has 29 heavy (non-hydrogen) atoms. The number of rotatable bonds is 5. The zero-order valence-electron chi connectivity index (χ0n) is 17.4. The van der Waals surface area contributed by atoms with Crippen LogP contribution in [0.1, 0.15) is 41.8 Å². The van der Waals surface area contributed by atoms with Crippen LogP contribution in [0.25, 0.3) is 21.5 Å². The van der Waals surface area contributed by atoms with Crippen molar-refractivity contribution in [3.8, 4) is 22.8 Å². The Morgan fingerprint density at radius 3 is 2.55 bits per heavy atom. The van der Waals surface area contributed by atoms with E-state index < -0.39 is 0 Å². The van der Waals surface area contributed by atoms with Crippen molar-refractivity contribution in [3.05, 3.63) is 29.1 Å². The minimum absolute atomic E-state index is 0.108. The van der Waals surface area contributed by atoms with Crippen LogP contribution in [0.15, 0.2) is 24.3 Å². The Bertz CT molecular complexity index is 1030. The third-order valence-electron chi connectivity index (χ3n) is 5.82. The maximum Gasteiger partial charge on any atom is 0.264 e. The highest BCUT2D eigenvalue weighted by atomic mass is 32.1. The fourth-order valence-electron chi connectivity index (χ4n) is 4.15. The Morgan fingerprint density at radius 2 is 1.86 bits per heavy atom. The molecule has 1 aromatic carbocycles. The number of aromatic nitrogens is 2. The first-order chi connectivity index (χ1) is 14.0. The van der Waals surface area contributed by atoms with E-state index in [9.17, 15) is 4.79 Å². The molecule has 0 spiro atoms. The number of hydrogen-bond acceptors (Lipinski definition) is 5. The molecule has 3 aromatic rings. The van der Waals surface area contributed by atoms with Crippen LogP contribution >= 0.6 is 11.3 Å². The van der Waals surface area contributed by atoms with Gasteiger partial charge in [0, 0.05) is 31.1 Å². The Morgan fingerprint density at radius 1 is 1.14 bits per heavy atom. The first-order valence-electron chi connectivity index (χ1n) is 9.99. The largest absolute Gasteiger partial charge is 0.493 e. The summed E-state index contributed by atoms with van der Waals surface area (Å²) in [4.78, 5) is 16.8. The van der Waals surface area contributed by atoms with E-state index in [0.29, 0.717) is 17.5 Å². The molecule has 0 saturated heterocycles. The van der Waals surface area contributed by atoms with E-state index in [2.05, 4.69) is 0 Å². The summed E-state index contributed by atoms with van der Waals surface area (Å²) in [7, 11) is 7.10. The van der Waals surface area contributed by atoms with Gasteiger partial charge in [0.15, 0.2) is 11.5 Å². The van der Waals surface area contributed by atoms with E-state index in [4.69, 9.17) is 14.6 Å². The van der Waals surface area contributed by atoms with Gasteiger partial charge in [-0.25, -0.2) is 0 Å². The fraction of sp³-hybridized carbons (Fsp3) is 0.455. The number of benzene rings is 1. The molecule has 7 heteroatoms. The lowest BCUT2D eigenvalue weighted by Gasteiger charge is -2.30. The number of aryl methyl sites for hydroxylation is 1. The van der Waals surface area contributed by atoms with E-state index in [1.165, 1.54) is 30.6 Å². The van der Waals surface area contributed by atoms with Crippen LogP contribution in [0, 0.1) is 0 Å². The molecule has 1 aliphatic rings. The lowest BCUT2D eigenvalue weighted by atomic mass is 9.94. The molecule has 1 saturated carbocycles. The minimum atomic E-state index is 0.108. The molecule has 0 atom stereocenters. The molecular formula is C22H27N3O3S. The highest BCUT2D eigenvalue weighted by Gasteiger charge is 2.26. The lowest BCUT2D eigenvalue weighted by Crippen LogP contribution is -2.37. The monoisotopic (exact) mass is 413 g/mol. The number of nitrogens with zero attached hydrogens (tertiary/aromatic N) is 3. The maximum absolute atomic E-state index is 13.1. The molecule has 0 aliphatic heterocycles. The molecular weight excluding hydrogens is 386 g/mol. The predicted octanol–water partition coefficient (Wildman–Crippen LogP) is 4.72. The van der Waals surface area contributed by atoms with Gasteiger partial charge in [0.2, 0.25) is 0 Å². The summed E-state index contributed by atoms with van der Waals surface area (Å²) < 4.78 is 12.6. The molecule has 1 fully saturated rings. The maximum atomic E-state index is 13.1. The Labute approximate surface area is 175 Å². The molecule has 6 nitrogen and oxygen atoms in total. The molecule has 0 radical (unpaired) electrons. The topological polar surface area (TPSA) is 56.6 Å². The molecule has 1 amide bonds. The highest BCUT2D eigenvalue weighted by molar-refractivity contribution is 7.20. The smallest absolute Gasteiger partial charge is 0.264 e. The van der Waals surface area contributed by atoms with Gasteiger partial charge in [-0.05, 0) is 37.1 Å². The van der Waals surface area contributed by atoms with Crippen LogP contribution < -0.4 is 9.47 Å². The Balaban J connectivity index is 1.69. The molecule has 154 valence electrons. The number of carbonyl (C=O) groups is 1. The van der Waals surface area contributed by atoms with Crippen molar-refractivity contribution in [3.63, 3.8) is 0 Å². The highest BCUT2D eigenvalue weighted by Crippen LogP contribution is 2.38. The molecule has 0 bridgehead atoms. The van der Waals surface area contributed by atoms with Crippen molar-refractivity contribution in [1.29, 1.82) is 0 Å². The second-order valence-corrected chi connectivity index (χ2v) is 8.61. The molecule has 4 rings (SSSR count). The average molecular weight is 414 g/mol. The van der Waals surface area contributed by atoms with Crippen LogP contribution in [0.2, 0.25) is 0 Å². The van der Waals surface area contributed by atoms with Gasteiger partial charge >= 0.3 is 0 Å². The molecule has 0 unspecified atom stereocenters. The first-order valence-corrected chi connectivity index (χ1v) is 10.8. The molecule has 1 aliphatic carbocycles. The summed E-state index contributed by atoms with van der Waals surface area (Å²) in [5.74, 6) is 1.45. The second-order valence-electron chi connectivity index (χ2n) is 7.58. The number of hydrogen-bond donors (Lipinski definition) is 0. The lowest BCUT2D eigenvalue weighted by molar-refractivity contribution is 0.0701. The van der Waals surface area contributed by atoms with E-state index in [1.54, 1.807) is 14.2 Å². The molecule has 2 heterocycles. The van der Waals surface area contributed by atoms with Gasteiger partial charge in [0.05, 0.1) is 19.1 Å². The third-order valence-corrected chi connectivity index (χ3v) is 7.01. The first kappa shape index (κ1) is 19.8. The van der Waals surface area contributed by atoms with E-state index >= 15 is 0 Å². The van der Waals surface area contributed by atoms with Crippen LogP contribution in [0.3, 0.4) is 0 Å². The van der Waals surface area contributed by atoms with Gasteiger partial charge < -0.3 is 14.4 Å². The number of methoxy groups -OCH3 is 2. The van der Waals surface area contributed by atoms with Crippen molar-refractivity contribution in [2.24, 2.45) is 7.05 Å². The van der Waals surface area contributed by atoms with Crippen molar-refractivity contribution in [1.82, 2.24) is 14.7 Å². The Hall–Kier alpha value is -2.54. The van der Waals surface area contributed by atoms with Crippen molar-refractivity contribution in [2.75, 3.05) is 21.3 Å². The second kappa shape index (κ2) is 8.06. The van der Waals surface area contributed by atoms with Gasteiger partial charge in [-0.1, -0.05) is 19.3 Å². The number of carbonyl (C=O) groups excluding carboxylic acids is 1. The van der Waals surface area contributed by atoms with E-state index in [1.807, 2.05) is 47.9 Å². The summed E-state index contributed by atoms with van der Waals surface area (Å²) in [5, 5.41) is 5.68. The van der Waals surface area contributed by atoms with Gasteiger partial charge in [0.1, 0.15) is 10.5 Å². The third kappa shape index (κ3) is 3.59. The Kier molecular flexibility index (Phi) is 5.50. The number of ether oxygens (including phenoxy) is 2. The van der Waals surface area contributed by atoms with Crippen molar-refractivity contribution in [2.45, 2.75) is 38.1 Å². The zero-order chi connectivity index (χ0) is 20.5. The van der Waals surface area contributed by atoms with Gasteiger partial charge in [0.25, 0.3) is 5.91 Å². The normalized spacial score (nSPS) is 14.9. The van der Waals surface area contributed by atoms with Crippen LogP contribution in [0.4, 0.5) is 0 Å². The van der Waals surface area contributed by atoms with E-state index in [0.717, 1.165) is 39.2 Å². The van der Waals surface area contributed by atoms with Gasteiger partial charge in [-0.3, -0.25) is 9.48 Å². The SMILES string of the molecule is COc1ccc(-c2nn(C)c3sc(C(=O)N(C)C4CCCCC4)cc23)cc1OC. The number of fused-ring (bicyclic) bond motifs is 1. The molecule has 2 aromatic heterocycles. The standard InChI is InChI=1S/C22H27N3O3S/c1-24(15-8-6-5-7-9-15)21(26)19-13-16-20(23-25(2)22(16)29-19)14-10-11-17(27-3)18(12-14)28-4/h10-13,15H,5-9H2,1-4H3. The zero-order valence-corrected chi connectivity index (χ0v) is 18.2. The van der Waals surface area contributed by atoms with Gasteiger partial charge in [-0.2, -0.15) is 5.10 Å². The summed E-state index contributed by atoms with van der Waals surface area (Å²) in [5.41, 5.74) is 1.78. The average Bonchev–Trinajstić information content (AvgIpc) is 3.33. The van der Waals surface area contributed by atoms with Crippen LogP contribution in [-0.4, -0.2) is 47.9 Å². The van der Waals surface area contributed by atoms with Gasteiger partial charge in [-0.15, -0.1) is 11.3 Å². The number of amides is 1. The quantitative estimate of drug-likeness (QED) is 0.607. The minimum Gasteiger partial charge on any atom is -0.493 e. The summed E-state index contributed by atoms with van der Waals surface area (Å²) in [6, 6.07) is 8.11. The fourth-order valence-corrected chi connectivity index (χ4v) is 5.21. The predicted molar refractivity (Wildman–Crippen MR) is 116 cm³/mol. The van der Waals surface area contributed by atoms with Crippen molar-refractivity contribution >= 4 is 27.5 Å².